The number of hydrogen-bond acceptors (Lipinski definition) is 2. The van der Waals surface area contributed by atoms with Crippen LogP contribution in [0.1, 0.15) is 11.7 Å². The number of carboxylic acid groups (broad SMARTS) is 1. The predicted molar refractivity (Wildman–Crippen MR) is 54.7 cm³/mol. The van der Waals surface area contributed by atoms with E-state index >= 15 is 0 Å². The van der Waals surface area contributed by atoms with Gasteiger partial charge in [0, 0.05) is 4.90 Å². The van der Waals surface area contributed by atoms with E-state index in [-0.39, 0.29) is 5.56 Å². The van der Waals surface area contributed by atoms with Crippen LogP contribution in [0.4, 0.5) is 4.39 Å². The van der Waals surface area contributed by atoms with Gasteiger partial charge in [0.1, 0.15) is 0 Å². The first-order valence-corrected chi connectivity index (χ1v) is 5.37. The first-order chi connectivity index (χ1) is 6.56. The lowest BCUT2D eigenvalue weighted by molar-refractivity contribution is -0.143. The molecule has 0 fully saturated rings. The van der Waals surface area contributed by atoms with Crippen LogP contribution < -0.4 is 0 Å². The van der Waals surface area contributed by atoms with Crippen molar-refractivity contribution in [2.75, 3.05) is 6.26 Å². The molecule has 0 aliphatic rings. The molecule has 0 spiro atoms. The zero-order valence-corrected chi connectivity index (χ0v) is 8.90. The molecule has 1 N–H and O–H groups in total. The molecular formula is C9H8ClFO2S. The normalized spacial score (nSPS) is 12.5. The summed E-state index contributed by atoms with van der Waals surface area (Å²) in [5, 5.41) is 8.80. The molecule has 14 heavy (non-hydrogen) atoms. The minimum atomic E-state index is -2.01. The third-order valence-corrected chi connectivity index (χ3v) is 2.91. The fraction of sp³-hybridized carbons (Fsp3) is 0.222. The summed E-state index contributed by atoms with van der Waals surface area (Å²) in [4.78, 5) is 11.1. The van der Waals surface area contributed by atoms with Crippen molar-refractivity contribution >= 4 is 29.3 Å². The lowest BCUT2D eigenvalue weighted by atomic mass is 10.1. The molecule has 0 aliphatic carbocycles. The number of benzene rings is 1. The average Bonchev–Trinajstić information content (AvgIpc) is 2.16. The maximum Gasteiger partial charge on any atom is 0.343 e. The second-order valence-corrected chi connectivity index (χ2v) is 3.85. The van der Waals surface area contributed by atoms with Crippen LogP contribution in [0.15, 0.2) is 23.1 Å². The van der Waals surface area contributed by atoms with Crippen molar-refractivity contribution in [3.63, 3.8) is 0 Å². The Morgan fingerprint density at radius 3 is 2.71 bits per heavy atom. The Balaban J connectivity index is 3.02. The molecule has 0 aromatic heterocycles. The molecule has 0 aliphatic heterocycles. The Morgan fingerprint density at radius 2 is 2.29 bits per heavy atom. The number of rotatable bonds is 3. The van der Waals surface area contributed by atoms with Gasteiger partial charge < -0.3 is 5.11 Å². The third-order valence-electron chi connectivity index (χ3n) is 1.69. The Hall–Kier alpha value is -0.740. The van der Waals surface area contributed by atoms with Gasteiger partial charge in [-0.1, -0.05) is 17.7 Å². The van der Waals surface area contributed by atoms with Crippen LogP contribution in [0, 0.1) is 0 Å². The first kappa shape index (κ1) is 11.3. The highest BCUT2D eigenvalue weighted by Crippen LogP contribution is 2.29. The Morgan fingerprint density at radius 1 is 1.64 bits per heavy atom. The Bertz CT molecular complexity index is 357. The molecule has 1 aromatic rings. The lowest BCUT2D eigenvalue weighted by Crippen LogP contribution is -2.05. The second kappa shape index (κ2) is 4.66. The molecule has 1 unspecified atom stereocenters. The van der Waals surface area contributed by atoms with Crippen LogP contribution in [0.3, 0.4) is 0 Å². The fourth-order valence-electron chi connectivity index (χ4n) is 0.983. The Kier molecular flexibility index (Phi) is 3.77. The van der Waals surface area contributed by atoms with Gasteiger partial charge in [0.05, 0.1) is 5.02 Å². The molecule has 2 nitrogen and oxygen atoms in total. The SMILES string of the molecule is CSc1ccc(C(F)C(=O)O)cc1Cl. The molecule has 1 rings (SSSR count). The zero-order valence-electron chi connectivity index (χ0n) is 7.33. The highest BCUT2D eigenvalue weighted by atomic mass is 35.5. The topological polar surface area (TPSA) is 37.3 Å². The van der Waals surface area contributed by atoms with E-state index in [0.29, 0.717) is 5.02 Å². The maximum absolute atomic E-state index is 13.0. The minimum Gasteiger partial charge on any atom is -0.479 e. The van der Waals surface area contributed by atoms with Gasteiger partial charge in [-0.2, -0.15) is 0 Å². The van der Waals surface area contributed by atoms with Crippen LogP contribution in [0.5, 0.6) is 0 Å². The summed E-state index contributed by atoms with van der Waals surface area (Å²) in [5.74, 6) is -1.50. The zero-order chi connectivity index (χ0) is 10.7. The van der Waals surface area contributed by atoms with Crippen molar-refractivity contribution in [2.45, 2.75) is 11.1 Å². The van der Waals surface area contributed by atoms with Crippen LogP contribution in [0.2, 0.25) is 5.02 Å². The van der Waals surface area contributed by atoms with Crippen molar-refractivity contribution in [2.24, 2.45) is 0 Å². The summed E-state index contributed by atoms with van der Waals surface area (Å²) in [6.07, 6.45) is -0.172. The quantitative estimate of drug-likeness (QED) is 0.817. The highest BCUT2D eigenvalue weighted by Gasteiger charge is 2.18. The smallest absolute Gasteiger partial charge is 0.343 e. The summed E-state index contributed by atoms with van der Waals surface area (Å²) < 4.78 is 13.0. The van der Waals surface area contributed by atoms with Gasteiger partial charge >= 0.3 is 5.97 Å². The molecular weight excluding hydrogens is 227 g/mol. The standard InChI is InChI=1S/C9H8ClFO2S/c1-14-7-3-2-5(4-6(7)10)8(11)9(12)13/h2-4,8H,1H3,(H,12,13). The van der Waals surface area contributed by atoms with Crippen LogP contribution in [-0.4, -0.2) is 17.3 Å². The number of hydrogen-bond donors (Lipinski definition) is 1. The van der Waals surface area contributed by atoms with Gasteiger partial charge in [-0.3, -0.25) is 0 Å². The van der Waals surface area contributed by atoms with Gasteiger partial charge in [-0.25, -0.2) is 9.18 Å². The molecule has 0 heterocycles. The van der Waals surface area contributed by atoms with E-state index in [1.165, 1.54) is 23.9 Å². The predicted octanol–water partition coefficient (Wildman–Crippen LogP) is 3.16. The molecule has 5 heteroatoms. The summed E-state index contributed by atoms with van der Waals surface area (Å²) in [5.41, 5.74) is 0.0697. The van der Waals surface area contributed by atoms with Gasteiger partial charge in [0.15, 0.2) is 0 Å². The minimum absolute atomic E-state index is 0.0697. The van der Waals surface area contributed by atoms with E-state index in [2.05, 4.69) is 0 Å². The van der Waals surface area contributed by atoms with Gasteiger partial charge in [-0.15, -0.1) is 11.8 Å². The summed E-state index contributed by atoms with van der Waals surface area (Å²) in [6.45, 7) is 0. The van der Waals surface area contributed by atoms with Crippen LogP contribution >= 0.6 is 23.4 Å². The van der Waals surface area contributed by atoms with Crippen LogP contribution in [0.25, 0.3) is 0 Å². The van der Waals surface area contributed by atoms with Crippen molar-refractivity contribution in [1.82, 2.24) is 0 Å². The van der Waals surface area contributed by atoms with Crippen LogP contribution in [-0.2, 0) is 4.79 Å². The number of carbonyl (C=O) groups is 1. The van der Waals surface area contributed by atoms with E-state index in [9.17, 15) is 9.18 Å². The Labute approximate surface area is 90.1 Å². The maximum atomic E-state index is 13.0. The largest absolute Gasteiger partial charge is 0.479 e. The van der Waals surface area contributed by atoms with Crippen molar-refractivity contribution in [1.29, 1.82) is 0 Å². The number of alkyl halides is 1. The molecule has 1 atom stereocenters. The highest BCUT2D eigenvalue weighted by molar-refractivity contribution is 7.98. The molecule has 0 saturated carbocycles. The van der Waals surface area contributed by atoms with E-state index in [1.807, 2.05) is 6.26 Å². The van der Waals surface area contributed by atoms with Crippen molar-refractivity contribution in [3.8, 4) is 0 Å². The van der Waals surface area contributed by atoms with E-state index in [1.54, 1.807) is 6.07 Å². The van der Waals surface area contributed by atoms with Gasteiger partial charge in [0.25, 0.3) is 0 Å². The van der Waals surface area contributed by atoms with E-state index < -0.39 is 12.1 Å². The lowest BCUT2D eigenvalue weighted by Gasteiger charge is -2.06. The van der Waals surface area contributed by atoms with Gasteiger partial charge in [-0.05, 0) is 24.0 Å². The number of thioether (sulfide) groups is 1. The third kappa shape index (κ3) is 2.39. The van der Waals surface area contributed by atoms with Gasteiger partial charge in [0.2, 0.25) is 6.17 Å². The van der Waals surface area contributed by atoms with E-state index in [0.717, 1.165) is 4.90 Å². The number of aliphatic carboxylic acids is 1. The number of carboxylic acids is 1. The first-order valence-electron chi connectivity index (χ1n) is 3.76. The summed E-state index contributed by atoms with van der Waals surface area (Å²) in [7, 11) is 0. The van der Waals surface area contributed by atoms with E-state index in [4.69, 9.17) is 16.7 Å². The second-order valence-electron chi connectivity index (χ2n) is 2.59. The van der Waals surface area contributed by atoms with Crippen molar-refractivity contribution in [3.05, 3.63) is 28.8 Å². The molecule has 76 valence electrons. The number of halogens is 2. The monoisotopic (exact) mass is 234 g/mol. The molecule has 0 amide bonds. The summed E-state index contributed by atoms with van der Waals surface area (Å²) in [6, 6.07) is 4.38. The summed E-state index contributed by atoms with van der Waals surface area (Å²) >= 11 is 7.22. The molecule has 0 saturated heterocycles. The fourth-order valence-corrected chi connectivity index (χ4v) is 1.86. The molecule has 1 aromatic carbocycles. The van der Waals surface area contributed by atoms with Crippen molar-refractivity contribution < 1.29 is 14.3 Å². The molecule has 0 bridgehead atoms. The average molecular weight is 235 g/mol. The molecule has 0 radical (unpaired) electrons.